The number of carbonyl (C=O) groups is 3. The number of hydrogen-bond acceptors (Lipinski definition) is 4. The first kappa shape index (κ1) is 28.4. The van der Waals surface area contributed by atoms with Crippen LogP contribution in [0, 0.1) is 0 Å². The van der Waals surface area contributed by atoms with Gasteiger partial charge in [0.2, 0.25) is 5.91 Å². The van der Waals surface area contributed by atoms with Crippen LogP contribution in [0.3, 0.4) is 0 Å². The van der Waals surface area contributed by atoms with Crippen molar-refractivity contribution in [3.8, 4) is 0 Å². The van der Waals surface area contributed by atoms with Crippen molar-refractivity contribution in [3.05, 3.63) is 0 Å². The molecule has 0 aliphatic heterocycles. The number of nitrogens with one attached hydrogen (secondary N) is 1. The fraction of sp³-hybridized carbons (Fsp3) is 0.875. The van der Waals surface area contributed by atoms with E-state index in [1.54, 1.807) is 0 Å². The zero-order valence-corrected chi connectivity index (χ0v) is 19.4. The van der Waals surface area contributed by atoms with E-state index in [4.69, 9.17) is 5.11 Å². The lowest BCUT2D eigenvalue weighted by atomic mass is 10.0. The summed E-state index contributed by atoms with van der Waals surface area (Å²) in [5.41, 5.74) is 0. The summed E-state index contributed by atoms with van der Waals surface area (Å²) < 4.78 is 4.50. The Kier molecular flexibility index (Phi) is 19.6. The van der Waals surface area contributed by atoms with Gasteiger partial charge in [0.25, 0.3) is 0 Å². The van der Waals surface area contributed by atoms with Gasteiger partial charge in [-0.05, 0) is 12.8 Å². The van der Waals surface area contributed by atoms with Gasteiger partial charge in [0, 0.05) is 12.8 Å². The molecule has 0 saturated heterocycles. The summed E-state index contributed by atoms with van der Waals surface area (Å²) in [6.45, 7) is 2.26. The van der Waals surface area contributed by atoms with E-state index in [9.17, 15) is 14.4 Å². The number of ether oxygens (including phenoxy) is 1. The highest BCUT2D eigenvalue weighted by Crippen LogP contribution is 2.13. The van der Waals surface area contributed by atoms with E-state index in [1.165, 1.54) is 84.2 Å². The van der Waals surface area contributed by atoms with Gasteiger partial charge in [-0.25, -0.2) is 4.79 Å². The van der Waals surface area contributed by atoms with Gasteiger partial charge >= 0.3 is 11.9 Å². The average Bonchev–Trinajstić information content (AvgIpc) is 2.73. The van der Waals surface area contributed by atoms with Crippen LogP contribution in [0.2, 0.25) is 0 Å². The monoisotopic (exact) mass is 427 g/mol. The molecule has 2 N–H and O–H groups in total. The molecule has 0 heterocycles. The summed E-state index contributed by atoms with van der Waals surface area (Å²) in [7, 11) is 1.26. The van der Waals surface area contributed by atoms with Crippen molar-refractivity contribution >= 4 is 17.8 Å². The van der Waals surface area contributed by atoms with Crippen molar-refractivity contribution in [2.24, 2.45) is 0 Å². The fourth-order valence-corrected chi connectivity index (χ4v) is 3.55. The highest BCUT2D eigenvalue weighted by molar-refractivity contribution is 5.83. The molecule has 0 aromatic rings. The molecule has 0 spiro atoms. The van der Waals surface area contributed by atoms with Crippen molar-refractivity contribution in [2.75, 3.05) is 7.11 Å². The van der Waals surface area contributed by atoms with Gasteiger partial charge in [-0.3, -0.25) is 9.59 Å². The van der Waals surface area contributed by atoms with Gasteiger partial charge in [-0.2, -0.15) is 0 Å². The molecule has 1 atom stereocenters. The predicted molar refractivity (Wildman–Crippen MR) is 120 cm³/mol. The molecule has 0 unspecified atom stereocenters. The van der Waals surface area contributed by atoms with E-state index in [2.05, 4.69) is 17.0 Å². The Morgan fingerprint density at radius 3 is 1.57 bits per heavy atom. The summed E-state index contributed by atoms with van der Waals surface area (Å²) in [6, 6.07) is -1.03. The molecule has 0 aromatic heterocycles. The van der Waals surface area contributed by atoms with E-state index in [1.807, 2.05) is 0 Å². The normalized spacial score (nSPS) is 11.8. The molecule has 6 heteroatoms. The number of carboxylic acid groups (broad SMARTS) is 1. The molecule has 0 bridgehead atoms. The molecule has 0 rings (SSSR count). The first-order valence-corrected chi connectivity index (χ1v) is 12.1. The molecule has 0 aliphatic rings. The van der Waals surface area contributed by atoms with Crippen molar-refractivity contribution < 1.29 is 24.2 Å². The summed E-state index contributed by atoms with van der Waals surface area (Å²) in [6.07, 6.45) is 19.3. The van der Waals surface area contributed by atoms with Crippen LogP contribution >= 0.6 is 0 Å². The Labute approximate surface area is 183 Å². The third-order valence-corrected chi connectivity index (χ3v) is 5.51. The van der Waals surface area contributed by atoms with Crippen molar-refractivity contribution in [3.63, 3.8) is 0 Å². The third kappa shape index (κ3) is 18.4. The Morgan fingerprint density at radius 2 is 1.17 bits per heavy atom. The maximum atomic E-state index is 11.9. The predicted octanol–water partition coefficient (Wildman–Crippen LogP) is 5.77. The molecular weight excluding hydrogens is 382 g/mol. The molecule has 0 aliphatic carbocycles. The Balaban J connectivity index is 3.51. The Bertz CT molecular complexity index is 453. The lowest BCUT2D eigenvalue weighted by molar-refractivity contribution is -0.144. The highest BCUT2D eigenvalue weighted by atomic mass is 16.5. The number of unbranched alkanes of at least 4 members (excludes halogenated alkanes) is 14. The molecule has 176 valence electrons. The maximum absolute atomic E-state index is 11.9. The second-order valence-corrected chi connectivity index (χ2v) is 8.27. The number of hydrogen-bond donors (Lipinski definition) is 2. The van der Waals surface area contributed by atoms with Gasteiger partial charge in [0.15, 0.2) is 0 Å². The summed E-state index contributed by atoms with van der Waals surface area (Å²) in [4.78, 5) is 34.2. The number of methoxy groups -OCH3 is 1. The van der Waals surface area contributed by atoms with Gasteiger partial charge in [0.1, 0.15) is 6.04 Å². The smallest absolute Gasteiger partial charge is 0.326 e. The molecule has 30 heavy (non-hydrogen) atoms. The molecule has 0 radical (unpaired) electrons. The van der Waals surface area contributed by atoms with Crippen LogP contribution in [0.15, 0.2) is 0 Å². The van der Waals surface area contributed by atoms with E-state index in [0.29, 0.717) is 6.42 Å². The number of carbonyl (C=O) groups excluding carboxylic acids is 2. The lowest BCUT2D eigenvalue weighted by Crippen LogP contribution is -2.41. The quantitative estimate of drug-likeness (QED) is 0.179. The van der Waals surface area contributed by atoms with Gasteiger partial charge in [-0.1, -0.05) is 96.8 Å². The topological polar surface area (TPSA) is 92.7 Å². The number of rotatable bonds is 21. The SMILES string of the molecule is CCCCCCCCCCCCCCCCCC(=O)N[C@@H](CCC(=O)OC)C(=O)O. The molecule has 6 nitrogen and oxygen atoms in total. The van der Waals surface area contributed by atoms with Crippen LogP contribution in [-0.2, 0) is 19.1 Å². The van der Waals surface area contributed by atoms with Crippen LogP contribution < -0.4 is 5.32 Å². The van der Waals surface area contributed by atoms with Gasteiger partial charge in [-0.15, -0.1) is 0 Å². The number of carboxylic acids is 1. The second-order valence-electron chi connectivity index (χ2n) is 8.27. The Morgan fingerprint density at radius 1 is 0.733 bits per heavy atom. The number of amides is 1. The van der Waals surface area contributed by atoms with E-state index in [-0.39, 0.29) is 18.7 Å². The summed E-state index contributed by atoms with van der Waals surface area (Å²) >= 11 is 0. The summed E-state index contributed by atoms with van der Waals surface area (Å²) in [5.74, 6) is -1.86. The van der Waals surface area contributed by atoms with Gasteiger partial charge in [0.05, 0.1) is 7.11 Å². The number of esters is 1. The first-order chi connectivity index (χ1) is 14.5. The first-order valence-electron chi connectivity index (χ1n) is 12.1. The molecular formula is C24H45NO5. The third-order valence-electron chi connectivity index (χ3n) is 5.51. The maximum Gasteiger partial charge on any atom is 0.326 e. The Hall–Kier alpha value is -1.59. The van der Waals surface area contributed by atoms with E-state index >= 15 is 0 Å². The molecule has 0 saturated carbocycles. The number of aliphatic carboxylic acids is 1. The van der Waals surface area contributed by atoms with E-state index in [0.717, 1.165) is 19.3 Å². The molecule has 0 aromatic carbocycles. The highest BCUT2D eigenvalue weighted by Gasteiger charge is 2.20. The minimum absolute atomic E-state index is 0.0211. The molecule has 0 fully saturated rings. The fourth-order valence-electron chi connectivity index (χ4n) is 3.55. The van der Waals surface area contributed by atoms with Crippen LogP contribution in [0.1, 0.15) is 122 Å². The van der Waals surface area contributed by atoms with Crippen molar-refractivity contribution in [2.45, 2.75) is 129 Å². The van der Waals surface area contributed by atoms with Crippen molar-refractivity contribution in [1.29, 1.82) is 0 Å². The van der Waals surface area contributed by atoms with Gasteiger partial charge < -0.3 is 15.2 Å². The van der Waals surface area contributed by atoms with E-state index < -0.39 is 18.0 Å². The minimum Gasteiger partial charge on any atom is -0.480 e. The van der Waals surface area contributed by atoms with Crippen LogP contribution in [0.4, 0.5) is 0 Å². The summed E-state index contributed by atoms with van der Waals surface area (Å²) in [5, 5.41) is 11.6. The van der Waals surface area contributed by atoms with Crippen molar-refractivity contribution in [1.82, 2.24) is 5.32 Å². The van der Waals surface area contributed by atoms with Crippen LogP contribution in [0.25, 0.3) is 0 Å². The minimum atomic E-state index is -1.12. The largest absolute Gasteiger partial charge is 0.480 e. The van der Waals surface area contributed by atoms with Crippen LogP contribution in [-0.4, -0.2) is 36.1 Å². The lowest BCUT2D eigenvalue weighted by Gasteiger charge is -2.13. The molecule has 1 amide bonds. The standard InChI is InChI=1S/C24H45NO5/c1-3-4-5-6-7-8-9-10-11-12-13-14-15-16-17-18-22(26)25-21(24(28)29)19-20-23(27)30-2/h21H,3-20H2,1-2H3,(H,25,26)(H,28,29)/t21-/m0/s1. The average molecular weight is 428 g/mol. The zero-order valence-electron chi connectivity index (χ0n) is 19.4. The second kappa shape index (κ2) is 20.7. The zero-order chi connectivity index (χ0) is 22.5. The van der Waals surface area contributed by atoms with Crippen LogP contribution in [0.5, 0.6) is 0 Å².